The van der Waals surface area contributed by atoms with Crippen LogP contribution in [0.15, 0.2) is 29.3 Å². The lowest BCUT2D eigenvalue weighted by molar-refractivity contribution is -0.143. The first kappa shape index (κ1) is 12.1. The number of esters is 1. The van der Waals surface area contributed by atoms with Crippen LogP contribution in [0.2, 0.25) is 0 Å². The molecule has 1 aromatic rings. The van der Waals surface area contributed by atoms with Crippen LogP contribution in [-0.4, -0.2) is 31.4 Å². The molecule has 2 heterocycles. The van der Waals surface area contributed by atoms with Gasteiger partial charge in [0.05, 0.1) is 24.1 Å². The molecule has 1 aliphatic carbocycles. The maximum atomic E-state index is 12.1. The Labute approximate surface area is 118 Å². The molecule has 1 saturated carbocycles. The number of nitrogens with zero attached hydrogens (tertiary/aromatic N) is 1. The number of carbonyl (C=O) groups excluding carboxylic acids is 1. The molecule has 0 radical (unpaired) electrons. The van der Waals surface area contributed by atoms with Crippen molar-refractivity contribution in [1.82, 2.24) is 5.32 Å². The Balaban J connectivity index is 1.89. The lowest BCUT2D eigenvalue weighted by Crippen LogP contribution is -2.53. The monoisotopic (exact) mass is 270 g/mol. The lowest BCUT2D eigenvalue weighted by atomic mass is 9.62. The van der Waals surface area contributed by atoms with Crippen LogP contribution in [0, 0.1) is 5.92 Å². The molecule has 4 nitrogen and oxygen atoms in total. The minimum absolute atomic E-state index is 0.0757. The van der Waals surface area contributed by atoms with Gasteiger partial charge >= 0.3 is 5.97 Å². The summed E-state index contributed by atoms with van der Waals surface area (Å²) in [7, 11) is 1.47. The van der Waals surface area contributed by atoms with Crippen molar-refractivity contribution in [3.05, 3.63) is 29.8 Å². The molecule has 0 aromatic heterocycles. The summed E-state index contributed by atoms with van der Waals surface area (Å²) in [5.41, 5.74) is 3.28. The molecule has 2 fully saturated rings. The molecule has 3 aliphatic rings. The predicted molar refractivity (Wildman–Crippen MR) is 76.4 cm³/mol. The Morgan fingerprint density at radius 3 is 3.10 bits per heavy atom. The highest BCUT2D eigenvalue weighted by Crippen LogP contribution is 2.52. The van der Waals surface area contributed by atoms with Crippen LogP contribution in [0.4, 0.5) is 5.69 Å². The van der Waals surface area contributed by atoms with Crippen molar-refractivity contribution >= 4 is 17.4 Å². The number of rotatable bonds is 1. The van der Waals surface area contributed by atoms with Gasteiger partial charge < -0.3 is 10.1 Å². The van der Waals surface area contributed by atoms with Crippen molar-refractivity contribution in [2.45, 2.75) is 30.7 Å². The van der Waals surface area contributed by atoms with E-state index in [0.29, 0.717) is 6.04 Å². The third kappa shape index (κ3) is 1.35. The van der Waals surface area contributed by atoms with Gasteiger partial charge in [-0.15, -0.1) is 0 Å². The first-order chi connectivity index (χ1) is 9.77. The average molecular weight is 270 g/mol. The Morgan fingerprint density at radius 2 is 2.25 bits per heavy atom. The Kier molecular flexibility index (Phi) is 2.51. The average Bonchev–Trinajstić information content (AvgIpc) is 3.06. The summed E-state index contributed by atoms with van der Waals surface area (Å²) < 4.78 is 5.00. The van der Waals surface area contributed by atoms with Gasteiger partial charge in [-0.25, -0.2) is 0 Å². The van der Waals surface area contributed by atoms with Crippen molar-refractivity contribution in [1.29, 1.82) is 0 Å². The van der Waals surface area contributed by atoms with E-state index in [1.54, 1.807) is 0 Å². The standard InChI is InChI=1S/C16H18N2O2/c1-20-15(19)10-6-7-13-16(8-9-17-13)11-4-2-3-5-12(11)18-14(10)16/h2-5,10,13,17H,6-9H2,1H3. The smallest absolute Gasteiger partial charge is 0.314 e. The Morgan fingerprint density at radius 1 is 1.40 bits per heavy atom. The van der Waals surface area contributed by atoms with Gasteiger partial charge in [0, 0.05) is 11.8 Å². The van der Waals surface area contributed by atoms with Crippen molar-refractivity contribution < 1.29 is 9.53 Å². The summed E-state index contributed by atoms with van der Waals surface area (Å²) >= 11 is 0. The molecule has 4 rings (SSSR count). The van der Waals surface area contributed by atoms with E-state index < -0.39 is 0 Å². The van der Waals surface area contributed by atoms with Crippen LogP contribution in [0.25, 0.3) is 0 Å². The van der Waals surface area contributed by atoms with E-state index in [1.807, 2.05) is 6.07 Å². The predicted octanol–water partition coefficient (Wildman–Crippen LogP) is 1.96. The molecule has 3 atom stereocenters. The largest absolute Gasteiger partial charge is 0.469 e. The fraction of sp³-hybridized carbons (Fsp3) is 0.500. The third-order valence-electron chi connectivity index (χ3n) is 5.15. The van der Waals surface area contributed by atoms with Gasteiger partial charge in [-0.3, -0.25) is 9.79 Å². The normalized spacial score (nSPS) is 34.0. The number of benzene rings is 1. The fourth-order valence-corrected chi connectivity index (χ4v) is 4.32. The summed E-state index contributed by atoms with van der Waals surface area (Å²) in [4.78, 5) is 17.0. The van der Waals surface area contributed by atoms with E-state index in [-0.39, 0.29) is 17.3 Å². The second-order valence-electron chi connectivity index (χ2n) is 5.90. The summed E-state index contributed by atoms with van der Waals surface area (Å²) in [5.74, 6) is -0.315. The van der Waals surface area contributed by atoms with Gasteiger partial charge in [-0.1, -0.05) is 18.2 Å². The first-order valence-electron chi connectivity index (χ1n) is 7.27. The van der Waals surface area contributed by atoms with Gasteiger partial charge in [0.25, 0.3) is 0 Å². The zero-order valence-corrected chi connectivity index (χ0v) is 11.6. The van der Waals surface area contributed by atoms with Crippen molar-refractivity contribution in [3.63, 3.8) is 0 Å². The number of carbonyl (C=O) groups is 1. The number of hydrogen-bond donors (Lipinski definition) is 1. The topological polar surface area (TPSA) is 50.7 Å². The molecule has 104 valence electrons. The zero-order chi connectivity index (χ0) is 13.7. The quantitative estimate of drug-likeness (QED) is 0.794. The second-order valence-corrected chi connectivity index (χ2v) is 5.90. The van der Waals surface area contributed by atoms with Crippen LogP contribution >= 0.6 is 0 Å². The zero-order valence-electron chi connectivity index (χ0n) is 11.6. The summed E-state index contributed by atoms with van der Waals surface area (Å²) in [6, 6.07) is 8.72. The van der Waals surface area contributed by atoms with E-state index in [4.69, 9.17) is 9.73 Å². The van der Waals surface area contributed by atoms with Crippen LogP contribution < -0.4 is 5.32 Å². The van der Waals surface area contributed by atoms with Crippen LogP contribution in [-0.2, 0) is 14.9 Å². The van der Waals surface area contributed by atoms with Crippen molar-refractivity contribution in [3.8, 4) is 0 Å². The molecule has 0 bridgehead atoms. The Bertz CT molecular complexity index is 610. The van der Waals surface area contributed by atoms with Crippen molar-refractivity contribution in [2.75, 3.05) is 13.7 Å². The number of hydrogen-bond acceptors (Lipinski definition) is 4. The number of para-hydroxylation sites is 1. The molecular formula is C16H18N2O2. The van der Waals surface area contributed by atoms with Gasteiger partial charge in [-0.05, 0) is 37.4 Å². The van der Waals surface area contributed by atoms with Gasteiger partial charge in [0.15, 0.2) is 0 Å². The maximum Gasteiger partial charge on any atom is 0.314 e. The summed E-state index contributed by atoms with van der Waals surface area (Å²) in [6.07, 6.45) is 2.87. The van der Waals surface area contributed by atoms with E-state index in [9.17, 15) is 4.79 Å². The summed E-state index contributed by atoms with van der Waals surface area (Å²) in [6.45, 7) is 0.992. The highest BCUT2D eigenvalue weighted by Gasteiger charge is 2.57. The van der Waals surface area contributed by atoms with Crippen molar-refractivity contribution in [2.24, 2.45) is 10.9 Å². The second kappa shape index (κ2) is 4.16. The minimum atomic E-state index is -0.177. The summed E-state index contributed by atoms with van der Waals surface area (Å²) in [5, 5.41) is 3.61. The first-order valence-corrected chi connectivity index (χ1v) is 7.27. The van der Waals surface area contributed by atoms with Gasteiger partial charge in [-0.2, -0.15) is 0 Å². The minimum Gasteiger partial charge on any atom is -0.469 e. The maximum absolute atomic E-state index is 12.1. The van der Waals surface area contributed by atoms with Gasteiger partial charge in [0.1, 0.15) is 0 Å². The fourth-order valence-electron chi connectivity index (χ4n) is 4.32. The molecule has 4 heteroatoms. The molecule has 1 saturated heterocycles. The number of aliphatic imine (C=N–C) groups is 1. The molecular weight excluding hydrogens is 252 g/mol. The molecule has 0 amide bonds. The Hall–Kier alpha value is -1.68. The SMILES string of the molecule is COC(=O)C1CCC2NCCC23C1=Nc1ccccc13. The van der Waals surface area contributed by atoms with Crippen LogP contribution in [0.3, 0.4) is 0 Å². The highest BCUT2D eigenvalue weighted by atomic mass is 16.5. The van der Waals surface area contributed by atoms with E-state index in [0.717, 1.165) is 37.2 Å². The number of fused-ring (bicyclic) bond motifs is 1. The molecule has 1 aromatic carbocycles. The molecule has 1 spiro atoms. The number of nitrogens with one attached hydrogen (secondary N) is 1. The molecule has 20 heavy (non-hydrogen) atoms. The van der Waals surface area contributed by atoms with E-state index in [2.05, 4.69) is 23.5 Å². The number of ether oxygens (including phenoxy) is 1. The highest BCUT2D eigenvalue weighted by molar-refractivity contribution is 6.13. The molecule has 3 unspecified atom stereocenters. The number of methoxy groups -OCH3 is 1. The lowest BCUT2D eigenvalue weighted by Gasteiger charge is -2.40. The molecule has 1 N–H and O–H groups in total. The third-order valence-corrected chi connectivity index (χ3v) is 5.15. The van der Waals surface area contributed by atoms with Crippen LogP contribution in [0.1, 0.15) is 24.8 Å². The van der Waals surface area contributed by atoms with Gasteiger partial charge in [0.2, 0.25) is 0 Å². The van der Waals surface area contributed by atoms with E-state index in [1.165, 1.54) is 12.7 Å². The van der Waals surface area contributed by atoms with E-state index >= 15 is 0 Å². The van der Waals surface area contributed by atoms with Crippen LogP contribution in [0.5, 0.6) is 0 Å². The molecule has 2 aliphatic heterocycles.